The summed E-state index contributed by atoms with van der Waals surface area (Å²) < 4.78 is 32.3. The van der Waals surface area contributed by atoms with Gasteiger partial charge in [-0.2, -0.15) is 0 Å². The van der Waals surface area contributed by atoms with Crippen molar-refractivity contribution in [2.45, 2.75) is 38.6 Å². The van der Waals surface area contributed by atoms with Crippen molar-refractivity contribution in [3.05, 3.63) is 29.3 Å². The summed E-state index contributed by atoms with van der Waals surface area (Å²) in [6.07, 6.45) is 0.670. The van der Waals surface area contributed by atoms with Crippen molar-refractivity contribution in [1.29, 1.82) is 0 Å². The molecule has 0 aliphatic rings. The lowest BCUT2D eigenvalue weighted by Gasteiger charge is -2.11. The van der Waals surface area contributed by atoms with E-state index < -0.39 is 10.0 Å². The summed E-state index contributed by atoms with van der Waals surface area (Å²) in [6.45, 7) is 9.06. The summed E-state index contributed by atoms with van der Waals surface area (Å²) in [5.74, 6) is 0. The molecule has 21 heavy (non-hydrogen) atoms. The number of sulfonamides is 1. The van der Waals surface area contributed by atoms with Crippen LogP contribution in [0.25, 0.3) is 0 Å². The Morgan fingerprint density at radius 3 is 2.67 bits per heavy atom. The Labute approximate surface area is 128 Å². The van der Waals surface area contributed by atoms with E-state index >= 15 is 0 Å². The van der Waals surface area contributed by atoms with Gasteiger partial charge in [-0.1, -0.05) is 13.0 Å². The summed E-state index contributed by atoms with van der Waals surface area (Å²) in [4.78, 5) is 0.317. The molecule has 2 N–H and O–H groups in total. The van der Waals surface area contributed by atoms with E-state index in [0.29, 0.717) is 37.6 Å². The van der Waals surface area contributed by atoms with Gasteiger partial charge in [0.25, 0.3) is 0 Å². The smallest absolute Gasteiger partial charge is 0.240 e. The van der Waals surface area contributed by atoms with Crippen molar-refractivity contribution in [3.63, 3.8) is 0 Å². The molecule has 6 heteroatoms. The Hall–Kier alpha value is -0.950. The van der Waals surface area contributed by atoms with Crippen molar-refractivity contribution in [1.82, 2.24) is 10.0 Å². The second kappa shape index (κ2) is 9.15. The van der Waals surface area contributed by atoms with E-state index in [2.05, 4.69) is 10.0 Å². The zero-order chi connectivity index (χ0) is 15.7. The van der Waals surface area contributed by atoms with Gasteiger partial charge in [0.05, 0.1) is 4.90 Å². The van der Waals surface area contributed by atoms with Gasteiger partial charge >= 0.3 is 0 Å². The lowest BCUT2D eigenvalue weighted by molar-refractivity contribution is 0.146. The predicted molar refractivity (Wildman–Crippen MR) is 84.9 cm³/mol. The van der Waals surface area contributed by atoms with Gasteiger partial charge in [-0.3, -0.25) is 0 Å². The maximum Gasteiger partial charge on any atom is 0.240 e. The molecule has 0 aliphatic heterocycles. The van der Waals surface area contributed by atoms with Crippen LogP contribution in [0.4, 0.5) is 0 Å². The Morgan fingerprint density at radius 2 is 2.00 bits per heavy atom. The van der Waals surface area contributed by atoms with E-state index in [1.807, 2.05) is 26.8 Å². The number of nitrogens with one attached hydrogen (secondary N) is 2. The summed E-state index contributed by atoms with van der Waals surface area (Å²) >= 11 is 0. The van der Waals surface area contributed by atoms with Crippen LogP contribution < -0.4 is 10.0 Å². The molecule has 0 bridgehead atoms. The highest BCUT2D eigenvalue weighted by Crippen LogP contribution is 2.15. The van der Waals surface area contributed by atoms with Crippen molar-refractivity contribution in [2.75, 3.05) is 26.3 Å². The molecule has 0 amide bonds. The van der Waals surface area contributed by atoms with Gasteiger partial charge in [0, 0.05) is 26.3 Å². The fraction of sp³-hybridized carbons (Fsp3) is 0.600. The van der Waals surface area contributed by atoms with Gasteiger partial charge < -0.3 is 10.1 Å². The number of benzene rings is 1. The molecule has 0 fully saturated rings. The SMILES string of the molecule is CCNCc1cc(S(=O)(=O)NCCCOCC)ccc1C. The second-order valence-electron chi connectivity index (χ2n) is 4.82. The Balaban J connectivity index is 2.69. The Kier molecular flexibility index (Phi) is 7.88. The van der Waals surface area contributed by atoms with Crippen LogP contribution in [0.2, 0.25) is 0 Å². The van der Waals surface area contributed by atoms with Crippen molar-refractivity contribution in [2.24, 2.45) is 0 Å². The molecule has 1 aromatic carbocycles. The van der Waals surface area contributed by atoms with Crippen LogP contribution in [0, 0.1) is 6.92 Å². The fourth-order valence-corrected chi connectivity index (χ4v) is 3.00. The molecule has 0 unspecified atom stereocenters. The fourth-order valence-electron chi connectivity index (χ4n) is 1.87. The van der Waals surface area contributed by atoms with E-state index in [9.17, 15) is 8.42 Å². The largest absolute Gasteiger partial charge is 0.382 e. The summed E-state index contributed by atoms with van der Waals surface area (Å²) in [5.41, 5.74) is 2.10. The molecule has 1 rings (SSSR count). The molecule has 0 saturated heterocycles. The predicted octanol–water partition coefficient (Wildman–Crippen LogP) is 1.81. The van der Waals surface area contributed by atoms with E-state index in [-0.39, 0.29) is 0 Å². The number of rotatable bonds is 10. The minimum atomic E-state index is -3.45. The third-order valence-electron chi connectivity index (χ3n) is 3.16. The summed E-state index contributed by atoms with van der Waals surface area (Å²) in [7, 11) is -3.45. The average Bonchev–Trinajstić information content (AvgIpc) is 2.46. The molecule has 0 aliphatic carbocycles. The topological polar surface area (TPSA) is 67.4 Å². The normalized spacial score (nSPS) is 11.8. The molecule has 0 spiro atoms. The lowest BCUT2D eigenvalue weighted by Crippen LogP contribution is -2.26. The Morgan fingerprint density at radius 1 is 1.24 bits per heavy atom. The standard InChI is InChI=1S/C15H26N2O3S/c1-4-16-12-14-11-15(8-7-13(14)3)21(18,19)17-9-6-10-20-5-2/h7-8,11,16-17H,4-6,9-10,12H2,1-3H3. The molecule has 120 valence electrons. The van der Waals surface area contributed by atoms with E-state index in [1.54, 1.807) is 12.1 Å². The summed E-state index contributed by atoms with van der Waals surface area (Å²) in [6, 6.07) is 5.24. The van der Waals surface area contributed by atoms with Gasteiger partial charge in [0.2, 0.25) is 10.0 Å². The first-order valence-electron chi connectivity index (χ1n) is 7.39. The molecule has 0 aromatic heterocycles. The minimum Gasteiger partial charge on any atom is -0.382 e. The summed E-state index contributed by atoms with van der Waals surface area (Å²) in [5, 5.41) is 3.22. The third-order valence-corrected chi connectivity index (χ3v) is 4.62. The molecule has 1 aromatic rings. The monoisotopic (exact) mass is 314 g/mol. The molecular weight excluding hydrogens is 288 g/mol. The molecule has 0 saturated carbocycles. The lowest BCUT2D eigenvalue weighted by atomic mass is 10.1. The number of ether oxygens (including phenoxy) is 1. The maximum absolute atomic E-state index is 12.2. The van der Waals surface area contributed by atoms with Gasteiger partial charge in [0.1, 0.15) is 0 Å². The first kappa shape index (κ1) is 18.1. The Bertz CT molecular complexity index is 530. The first-order chi connectivity index (χ1) is 10.0. The number of hydrogen-bond donors (Lipinski definition) is 2. The van der Waals surface area contributed by atoms with E-state index in [4.69, 9.17) is 4.74 Å². The average molecular weight is 314 g/mol. The molecular formula is C15H26N2O3S. The highest BCUT2D eigenvalue weighted by atomic mass is 32.2. The van der Waals surface area contributed by atoms with Crippen molar-refractivity contribution >= 4 is 10.0 Å². The van der Waals surface area contributed by atoms with Gasteiger partial charge in [-0.15, -0.1) is 0 Å². The van der Waals surface area contributed by atoms with Crippen LogP contribution in [0.5, 0.6) is 0 Å². The minimum absolute atomic E-state index is 0.317. The molecule has 0 heterocycles. The van der Waals surface area contributed by atoms with E-state index in [0.717, 1.165) is 17.7 Å². The second-order valence-corrected chi connectivity index (χ2v) is 6.58. The van der Waals surface area contributed by atoms with E-state index in [1.165, 1.54) is 0 Å². The number of hydrogen-bond acceptors (Lipinski definition) is 4. The highest BCUT2D eigenvalue weighted by molar-refractivity contribution is 7.89. The zero-order valence-electron chi connectivity index (χ0n) is 13.1. The van der Waals surface area contributed by atoms with Crippen LogP contribution >= 0.6 is 0 Å². The van der Waals surface area contributed by atoms with Gasteiger partial charge in [-0.25, -0.2) is 13.1 Å². The first-order valence-corrected chi connectivity index (χ1v) is 8.87. The van der Waals surface area contributed by atoms with Gasteiger partial charge in [0.15, 0.2) is 0 Å². The van der Waals surface area contributed by atoms with Gasteiger partial charge in [-0.05, 0) is 50.1 Å². The molecule has 5 nitrogen and oxygen atoms in total. The van der Waals surface area contributed by atoms with Crippen LogP contribution in [-0.4, -0.2) is 34.7 Å². The molecule has 0 radical (unpaired) electrons. The molecule has 0 atom stereocenters. The highest BCUT2D eigenvalue weighted by Gasteiger charge is 2.14. The zero-order valence-corrected chi connectivity index (χ0v) is 13.9. The van der Waals surface area contributed by atoms with Crippen LogP contribution in [0.3, 0.4) is 0 Å². The maximum atomic E-state index is 12.2. The van der Waals surface area contributed by atoms with Crippen LogP contribution in [0.15, 0.2) is 23.1 Å². The van der Waals surface area contributed by atoms with Crippen molar-refractivity contribution < 1.29 is 13.2 Å². The van der Waals surface area contributed by atoms with Crippen molar-refractivity contribution in [3.8, 4) is 0 Å². The van der Waals surface area contributed by atoms with Crippen LogP contribution in [-0.2, 0) is 21.3 Å². The van der Waals surface area contributed by atoms with Crippen LogP contribution in [0.1, 0.15) is 31.4 Å². The quantitative estimate of drug-likeness (QED) is 0.646. The number of aryl methyl sites for hydroxylation is 1. The third kappa shape index (κ3) is 6.13.